The molecule has 25 heavy (non-hydrogen) atoms. The molecule has 2 heterocycles. The number of aromatic nitrogens is 3. The molecule has 1 aliphatic carbocycles. The number of benzene rings is 1. The van der Waals surface area contributed by atoms with E-state index in [-0.39, 0.29) is 5.56 Å². The highest BCUT2D eigenvalue weighted by molar-refractivity contribution is 5.82. The summed E-state index contributed by atoms with van der Waals surface area (Å²) in [6.45, 7) is 8.04. The van der Waals surface area contributed by atoms with E-state index in [1.54, 1.807) is 29.8 Å². The Hall–Kier alpha value is -3.13. The van der Waals surface area contributed by atoms with E-state index in [9.17, 15) is 4.79 Å². The molecule has 2 aromatic heterocycles. The molecule has 0 saturated heterocycles. The molecule has 0 spiro atoms. The summed E-state index contributed by atoms with van der Waals surface area (Å²) in [5, 5.41) is 4.48. The largest absolute Gasteiger partial charge is 0.318 e. The van der Waals surface area contributed by atoms with Gasteiger partial charge in [-0.25, -0.2) is 4.85 Å². The summed E-state index contributed by atoms with van der Waals surface area (Å²) >= 11 is 0. The maximum absolute atomic E-state index is 12.2. The summed E-state index contributed by atoms with van der Waals surface area (Å²) in [5.74, 6) is 0.758. The molecule has 0 radical (unpaired) electrons. The minimum atomic E-state index is -0.0571. The minimum absolute atomic E-state index is 0.0571. The van der Waals surface area contributed by atoms with Gasteiger partial charge in [-0.1, -0.05) is 24.3 Å². The summed E-state index contributed by atoms with van der Waals surface area (Å²) < 4.78 is 3.58. The summed E-state index contributed by atoms with van der Waals surface area (Å²) in [6, 6.07) is 8.99. The Labute approximate surface area is 146 Å². The summed E-state index contributed by atoms with van der Waals surface area (Å²) in [7, 11) is 1.76. The Kier molecular flexibility index (Phi) is 3.73. The van der Waals surface area contributed by atoms with Crippen LogP contribution in [0.2, 0.25) is 0 Å². The van der Waals surface area contributed by atoms with Crippen molar-refractivity contribution in [2.75, 3.05) is 0 Å². The minimum Gasteiger partial charge on any atom is -0.318 e. The van der Waals surface area contributed by atoms with Gasteiger partial charge in [-0.2, -0.15) is 5.10 Å². The number of hydrogen-bond acceptors (Lipinski definition) is 2. The van der Waals surface area contributed by atoms with Crippen molar-refractivity contribution in [2.45, 2.75) is 19.4 Å². The van der Waals surface area contributed by atoms with E-state index in [0.29, 0.717) is 5.69 Å². The first-order chi connectivity index (χ1) is 12.1. The van der Waals surface area contributed by atoms with Crippen molar-refractivity contribution >= 4 is 5.69 Å². The molecular weight excluding hydrogens is 312 g/mol. The van der Waals surface area contributed by atoms with Crippen LogP contribution in [0.4, 0.5) is 5.69 Å². The van der Waals surface area contributed by atoms with Gasteiger partial charge in [0.1, 0.15) is 0 Å². The van der Waals surface area contributed by atoms with Crippen LogP contribution in [-0.4, -0.2) is 14.3 Å². The van der Waals surface area contributed by atoms with Gasteiger partial charge in [0.2, 0.25) is 0 Å². The van der Waals surface area contributed by atoms with Crippen LogP contribution in [-0.2, 0) is 13.6 Å². The Morgan fingerprint density at radius 1 is 1.16 bits per heavy atom. The lowest BCUT2D eigenvalue weighted by atomic mass is 9.98. The Morgan fingerprint density at radius 3 is 2.60 bits per heavy atom. The smallest absolute Gasteiger partial charge is 0.250 e. The third kappa shape index (κ3) is 3.11. The zero-order valence-electron chi connectivity index (χ0n) is 14.0. The number of pyridine rings is 1. The van der Waals surface area contributed by atoms with E-state index in [0.717, 1.165) is 34.7 Å². The zero-order valence-corrected chi connectivity index (χ0v) is 14.0. The summed E-state index contributed by atoms with van der Waals surface area (Å²) in [6.07, 6.45) is 8.34. The molecule has 0 atom stereocenters. The fourth-order valence-corrected chi connectivity index (χ4v) is 2.98. The maximum Gasteiger partial charge on any atom is 0.250 e. The number of nitrogens with zero attached hydrogens (tertiary/aromatic N) is 4. The van der Waals surface area contributed by atoms with Crippen molar-refractivity contribution < 1.29 is 0 Å². The summed E-state index contributed by atoms with van der Waals surface area (Å²) in [5.41, 5.74) is 4.30. The monoisotopic (exact) mass is 330 g/mol. The van der Waals surface area contributed by atoms with E-state index in [1.165, 1.54) is 12.8 Å². The third-order valence-corrected chi connectivity index (χ3v) is 4.62. The molecule has 124 valence electrons. The standard InChI is InChI=1S/C20H18N4O/c1-21-17-7-5-15(6-8-17)18-9-20(25)23(2)13-19(18)16-10-22-24(12-16)11-14-3-4-14/h5-10,12-14H,3-4,11H2,2H3. The molecular formula is C20H18N4O. The van der Waals surface area contributed by atoms with E-state index < -0.39 is 0 Å². The first-order valence-corrected chi connectivity index (χ1v) is 8.35. The lowest BCUT2D eigenvalue weighted by molar-refractivity contribution is 0.563. The predicted molar refractivity (Wildman–Crippen MR) is 97.3 cm³/mol. The Bertz CT molecular complexity index is 1020. The molecule has 0 aliphatic heterocycles. The third-order valence-electron chi connectivity index (χ3n) is 4.62. The highest BCUT2D eigenvalue weighted by Gasteiger charge is 2.22. The van der Waals surface area contributed by atoms with Crippen molar-refractivity contribution in [1.82, 2.24) is 14.3 Å². The van der Waals surface area contributed by atoms with Crippen LogP contribution in [0.5, 0.6) is 0 Å². The molecule has 5 heteroatoms. The van der Waals surface area contributed by atoms with Crippen LogP contribution in [0.3, 0.4) is 0 Å². The van der Waals surface area contributed by atoms with Gasteiger partial charge in [0.25, 0.3) is 5.56 Å². The Morgan fingerprint density at radius 2 is 1.92 bits per heavy atom. The number of rotatable bonds is 4. The van der Waals surface area contributed by atoms with E-state index >= 15 is 0 Å². The second kappa shape index (κ2) is 6.06. The van der Waals surface area contributed by atoms with Gasteiger partial charge >= 0.3 is 0 Å². The Balaban J connectivity index is 1.80. The quantitative estimate of drug-likeness (QED) is 0.682. The first kappa shape index (κ1) is 15.4. The van der Waals surface area contributed by atoms with E-state index in [1.807, 2.05) is 29.2 Å². The van der Waals surface area contributed by atoms with Crippen molar-refractivity contribution in [3.8, 4) is 22.3 Å². The van der Waals surface area contributed by atoms with Gasteiger partial charge in [0, 0.05) is 43.2 Å². The van der Waals surface area contributed by atoms with Crippen molar-refractivity contribution in [1.29, 1.82) is 0 Å². The zero-order chi connectivity index (χ0) is 17.4. The van der Waals surface area contributed by atoms with Crippen LogP contribution in [0.1, 0.15) is 12.8 Å². The predicted octanol–water partition coefficient (Wildman–Crippen LogP) is 3.88. The molecule has 1 saturated carbocycles. The molecule has 5 nitrogen and oxygen atoms in total. The molecule has 1 aliphatic rings. The van der Waals surface area contributed by atoms with E-state index in [4.69, 9.17) is 6.57 Å². The normalized spacial score (nSPS) is 13.6. The van der Waals surface area contributed by atoms with Gasteiger partial charge in [-0.3, -0.25) is 9.48 Å². The molecule has 0 amide bonds. The summed E-state index contributed by atoms with van der Waals surface area (Å²) in [4.78, 5) is 15.6. The molecule has 0 unspecified atom stereocenters. The SMILES string of the molecule is [C-]#[N+]c1ccc(-c2cc(=O)n(C)cc2-c2cnn(CC3CC3)c2)cc1. The maximum atomic E-state index is 12.2. The van der Waals surface area contributed by atoms with Gasteiger partial charge in [-0.15, -0.1) is 0 Å². The topological polar surface area (TPSA) is 44.2 Å². The molecule has 0 bridgehead atoms. The molecule has 1 aromatic carbocycles. The van der Waals surface area contributed by atoms with Crippen LogP contribution < -0.4 is 5.56 Å². The average molecular weight is 330 g/mol. The van der Waals surface area contributed by atoms with Crippen molar-refractivity contribution in [3.05, 3.63) is 70.7 Å². The van der Waals surface area contributed by atoms with Gasteiger partial charge in [-0.05, 0) is 29.9 Å². The van der Waals surface area contributed by atoms with Gasteiger partial charge in [0.05, 0.1) is 12.8 Å². The molecule has 0 N–H and O–H groups in total. The highest BCUT2D eigenvalue weighted by Crippen LogP contribution is 2.33. The van der Waals surface area contributed by atoms with Crippen LogP contribution in [0, 0.1) is 12.5 Å². The van der Waals surface area contributed by atoms with Crippen LogP contribution >= 0.6 is 0 Å². The van der Waals surface area contributed by atoms with Crippen LogP contribution in [0.15, 0.2) is 53.7 Å². The number of aryl methyl sites for hydroxylation is 1. The fraction of sp³-hybridized carbons (Fsp3) is 0.250. The molecule has 4 rings (SSSR count). The van der Waals surface area contributed by atoms with Crippen molar-refractivity contribution in [3.63, 3.8) is 0 Å². The molecule has 1 fully saturated rings. The van der Waals surface area contributed by atoms with Gasteiger partial charge < -0.3 is 4.57 Å². The second-order valence-electron chi connectivity index (χ2n) is 6.60. The van der Waals surface area contributed by atoms with Gasteiger partial charge in [0.15, 0.2) is 5.69 Å². The highest BCUT2D eigenvalue weighted by atomic mass is 16.1. The first-order valence-electron chi connectivity index (χ1n) is 8.35. The number of hydrogen-bond donors (Lipinski definition) is 0. The van der Waals surface area contributed by atoms with Crippen molar-refractivity contribution in [2.24, 2.45) is 13.0 Å². The lowest BCUT2D eigenvalue weighted by Crippen LogP contribution is -2.15. The molecule has 3 aromatic rings. The van der Waals surface area contributed by atoms with Crippen LogP contribution in [0.25, 0.3) is 27.1 Å². The lowest BCUT2D eigenvalue weighted by Gasteiger charge is -2.10. The second-order valence-corrected chi connectivity index (χ2v) is 6.60. The fourth-order valence-electron chi connectivity index (χ4n) is 2.98. The van der Waals surface area contributed by atoms with E-state index in [2.05, 4.69) is 16.1 Å². The average Bonchev–Trinajstić information content (AvgIpc) is 3.32.